The number of benzene rings is 2. The molecule has 0 spiro atoms. The summed E-state index contributed by atoms with van der Waals surface area (Å²) in [6.07, 6.45) is 0.669. The fraction of sp³-hybridized carbons (Fsp3) is 0.250. The second kappa shape index (κ2) is 7.33. The Morgan fingerprint density at radius 3 is 2.48 bits per heavy atom. The molecule has 0 saturated carbocycles. The zero-order valence-corrected chi connectivity index (χ0v) is 13.4. The quantitative estimate of drug-likeness (QED) is 0.747. The predicted molar refractivity (Wildman–Crippen MR) is 86.9 cm³/mol. The van der Waals surface area contributed by atoms with Crippen LogP contribution >= 0.6 is 15.9 Å². The number of aliphatic hydroxyl groups excluding tert-OH is 1. The molecule has 2 aromatic rings. The van der Waals surface area contributed by atoms with Gasteiger partial charge in [0.2, 0.25) is 0 Å². The maximum atomic E-state index is 9.78. The second-order valence-corrected chi connectivity index (χ2v) is 5.51. The van der Waals surface area contributed by atoms with Crippen LogP contribution in [0.3, 0.4) is 0 Å². The molecule has 0 aromatic heterocycles. The summed E-state index contributed by atoms with van der Waals surface area (Å²) >= 11 is 3.31. The number of rotatable bonds is 6. The molecular formula is C16H18BrNO3. The van der Waals surface area contributed by atoms with E-state index in [-0.39, 0.29) is 12.4 Å². The van der Waals surface area contributed by atoms with Gasteiger partial charge in [-0.2, -0.15) is 0 Å². The van der Waals surface area contributed by atoms with Crippen LogP contribution in [0, 0.1) is 0 Å². The topological polar surface area (TPSA) is 61.7 Å². The summed E-state index contributed by atoms with van der Waals surface area (Å²) in [5.74, 6) is 0.550. The van der Waals surface area contributed by atoms with Gasteiger partial charge >= 0.3 is 0 Å². The first kappa shape index (κ1) is 15.7. The fourth-order valence-corrected chi connectivity index (χ4v) is 2.50. The third-order valence-corrected chi connectivity index (χ3v) is 3.76. The van der Waals surface area contributed by atoms with Gasteiger partial charge in [0.15, 0.2) is 11.5 Å². The van der Waals surface area contributed by atoms with Crippen molar-refractivity contribution in [1.29, 1.82) is 0 Å². The molecule has 0 saturated heterocycles. The molecule has 21 heavy (non-hydrogen) atoms. The summed E-state index contributed by atoms with van der Waals surface area (Å²) in [5.41, 5.74) is 3.10. The monoisotopic (exact) mass is 351 g/mol. The van der Waals surface area contributed by atoms with E-state index in [0.29, 0.717) is 23.2 Å². The van der Waals surface area contributed by atoms with E-state index in [2.05, 4.69) is 21.2 Å². The molecule has 4 nitrogen and oxygen atoms in total. The number of anilines is 1. The van der Waals surface area contributed by atoms with Gasteiger partial charge < -0.3 is 20.3 Å². The van der Waals surface area contributed by atoms with E-state index in [0.717, 1.165) is 16.8 Å². The number of hydrogen-bond donors (Lipinski definition) is 3. The van der Waals surface area contributed by atoms with Crippen molar-refractivity contribution in [3.63, 3.8) is 0 Å². The summed E-state index contributed by atoms with van der Waals surface area (Å²) in [5, 5.41) is 22.0. The van der Waals surface area contributed by atoms with Crippen LogP contribution in [0.2, 0.25) is 0 Å². The minimum Gasteiger partial charge on any atom is -0.503 e. The van der Waals surface area contributed by atoms with Crippen LogP contribution < -0.4 is 10.1 Å². The van der Waals surface area contributed by atoms with E-state index < -0.39 is 0 Å². The average molecular weight is 352 g/mol. The van der Waals surface area contributed by atoms with E-state index in [1.165, 1.54) is 7.11 Å². The van der Waals surface area contributed by atoms with Crippen molar-refractivity contribution in [2.75, 3.05) is 19.0 Å². The van der Waals surface area contributed by atoms with Crippen molar-refractivity contribution in [2.45, 2.75) is 13.0 Å². The van der Waals surface area contributed by atoms with Gasteiger partial charge in [0.25, 0.3) is 0 Å². The summed E-state index contributed by atoms with van der Waals surface area (Å²) in [7, 11) is 1.53. The van der Waals surface area contributed by atoms with Crippen LogP contribution in [0.4, 0.5) is 5.69 Å². The van der Waals surface area contributed by atoms with Crippen molar-refractivity contribution < 1.29 is 14.9 Å². The zero-order valence-electron chi connectivity index (χ0n) is 11.8. The van der Waals surface area contributed by atoms with Gasteiger partial charge in [-0.05, 0) is 57.7 Å². The molecule has 0 aliphatic rings. The molecule has 0 heterocycles. The smallest absolute Gasteiger partial charge is 0.172 e. The van der Waals surface area contributed by atoms with E-state index in [4.69, 9.17) is 9.84 Å². The first-order valence-corrected chi connectivity index (χ1v) is 7.42. The third-order valence-electron chi connectivity index (χ3n) is 3.16. The molecule has 5 heteroatoms. The first-order chi connectivity index (χ1) is 10.1. The molecule has 112 valence electrons. The highest BCUT2D eigenvalue weighted by Gasteiger charge is 2.08. The highest BCUT2D eigenvalue weighted by Crippen LogP contribution is 2.35. The predicted octanol–water partition coefficient (Wildman–Crippen LogP) is 3.31. The number of nitrogens with one attached hydrogen (secondary N) is 1. The summed E-state index contributed by atoms with van der Waals surface area (Å²) in [6.45, 7) is 0.780. The Bertz CT molecular complexity index is 599. The van der Waals surface area contributed by atoms with Gasteiger partial charge in [-0.25, -0.2) is 0 Å². The van der Waals surface area contributed by atoms with Crippen LogP contribution in [-0.4, -0.2) is 23.9 Å². The number of hydrogen-bond acceptors (Lipinski definition) is 4. The number of methoxy groups -OCH3 is 1. The highest BCUT2D eigenvalue weighted by molar-refractivity contribution is 9.10. The Hall–Kier alpha value is -1.72. The number of ether oxygens (including phenoxy) is 1. The molecule has 0 atom stereocenters. The molecule has 0 radical (unpaired) electrons. The van der Waals surface area contributed by atoms with Gasteiger partial charge in [0, 0.05) is 18.8 Å². The van der Waals surface area contributed by atoms with E-state index >= 15 is 0 Å². The normalized spacial score (nSPS) is 10.4. The molecule has 3 N–H and O–H groups in total. The Labute approximate surface area is 132 Å². The fourth-order valence-electron chi connectivity index (χ4n) is 2.01. The Morgan fingerprint density at radius 2 is 1.86 bits per heavy atom. The van der Waals surface area contributed by atoms with E-state index in [1.54, 1.807) is 6.07 Å². The second-order valence-electron chi connectivity index (χ2n) is 4.65. The lowest BCUT2D eigenvalue weighted by molar-refractivity contribution is 0.299. The van der Waals surface area contributed by atoms with Crippen LogP contribution in [0.5, 0.6) is 11.5 Å². The maximum absolute atomic E-state index is 9.78. The average Bonchev–Trinajstić information content (AvgIpc) is 2.50. The summed E-state index contributed by atoms with van der Waals surface area (Å²) in [6, 6.07) is 11.6. The zero-order chi connectivity index (χ0) is 15.2. The van der Waals surface area contributed by atoms with Crippen LogP contribution in [-0.2, 0) is 13.0 Å². The number of halogens is 1. The maximum Gasteiger partial charge on any atom is 0.172 e. The van der Waals surface area contributed by atoms with Crippen molar-refractivity contribution in [1.82, 2.24) is 0 Å². The number of aliphatic hydroxyl groups is 1. The standard InChI is InChI=1S/C16H18BrNO3/c1-21-15-9-12(8-14(17)16(15)20)10-18-13-4-2-11(3-5-13)6-7-19/h2-5,8-9,18-20H,6-7,10H2,1H3. The number of phenols is 1. The van der Waals surface area contributed by atoms with Gasteiger partial charge in [-0.3, -0.25) is 0 Å². The van der Waals surface area contributed by atoms with E-state index in [9.17, 15) is 5.11 Å². The molecular weight excluding hydrogens is 334 g/mol. The molecule has 0 aliphatic carbocycles. The van der Waals surface area contributed by atoms with Gasteiger partial charge in [0.05, 0.1) is 11.6 Å². The Kier molecular flexibility index (Phi) is 5.47. The van der Waals surface area contributed by atoms with Gasteiger partial charge in [-0.15, -0.1) is 0 Å². The van der Waals surface area contributed by atoms with Crippen LogP contribution in [0.25, 0.3) is 0 Å². The summed E-state index contributed by atoms with van der Waals surface area (Å²) < 4.78 is 5.74. The lowest BCUT2D eigenvalue weighted by atomic mass is 10.1. The lowest BCUT2D eigenvalue weighted by Crippen LogP contribution is -2.00. The molecule has 0 unspecified atom stereocenters. The SMILES string of the molecule is COc1cc(CNc2ccc(CCO)cc2)cc(Br)c1O. The molecule has 0 aliphatic heterocycles. The van der Waals surface area contributed by atoms with Gasteiger partial charge in [0.1, 0.15) is 0 Å². The van der Waals surface area contributed by atoms with Gasteiger partial charge in [-0.1, -0.05) is 12.1 Å². The molecule has 0 bridgehead atoms. The van der Waals surface area contributed by atoms with Crippen molar-refractivity contribution in [3.8, 4) is 11.5 Å². The van der Waals surface area contributed by atoms with Crippen molar-refractivity contribution in [2.24, 2.45) is 0 Å². The minimum absolute atomic E-state index is 0.106. The number of aromatic hydroxyl groups is 1. The third kappa shape index (κ3) is 4.12. The lowest BCUT2D eigenvalue weighted by Gasteiger charge is -2.11. The van der Waals surface area contributed by atoms with Crippen molar-refractivity contribution >= 4 is 21.6 Å². The van der Waals surface area contributed by atoms with E-state index in [1.807, 2.05) is 30.3 Å². The van der Waals surface area contributed by atoms with Crippen LogP contribution in [0.15, 0.2) is 40.9 Å². The summed E-state index contributed by atoms with van der Waals surface area (Å²) in [4.78, 5) is 0. The first-order valence-electron chi connectivity index (χ1n) is 6.63. The van der Waals surface area contributed by atoms with Crippen molar-refractivity contribution in [3.05, 3.63) is 52.0 Å². The number of phenolic OH excluding ortho intramolecular Hbond substituents is 1. The Balaban J connectivity index is 2.04. The molecule has 2 rings (SSSR count). The molecule has 2 aromatic carbocycles. The minimum atomic E-state index is 0.106. The Morgan fingerprint density at radius 1 is 1.14 bits per heavy atom. The molecule has 0 amide bonds. The highest BCUT2D eigenvalue weighted by atomic mass is 79.9. The molecule has 0 fully saturated rings. The van der Waals surface area contributed by atoms with Crippen LogP contribution in [0.1, 0.15) is 11.1 Å². The largest absolute Gasteiger partial charge is 0.503 e.